The summed E-state index contributed by atoms with van der Waals surface area (Å²) < 4.78 is 43.4. The highest BCUT2D eigenvalue weighted by molar-refractivity contribution is 8.00. The van der Waals surface area contributed by atoms with Crippen LogP contribution in [0.15, 0.2) is 48.7 Å². The van der Waals surface area contributed by atoms with Gasteiger partial charge in [-0.2, -0.15) is 13.2 Å². The number of aliphatic hydroxyl groups excluding tert-OH is 2. The number of hydrogen-bond acceptors (Lipinski definition) is 7. The number of amides is 1. The molecule has 0 radical (unpaired) electrons. The Balaban J connectivity index is 1.48. The van der Waals surface area contributed by atoms with Crippen LogP contribution in [0.5, 0.6) is 11.6 Å². The lowest BCUT2D eigenvalue weighted by Gasteiger charge is -2.18. The second kappa shape index (κ2) is 8.33. The quantitative estimate of drug-likeness (QED) is 0.560. The van der Waals surface area contributed by atoms with Gasteiger partial charge in [0.05, 0.1) is 23.2 Å². The highest BCUT2D eigenvalue weighted by Gasteiger charge is 2.36. The van der Waals surface area contributed by atoms with Crippen LogP contribution in [0.3, 0.4) is 0 Å². The van der Waals surface area contributed by atoms with Gasteiger partial charge in [-0.05, 0) is 30.3 Å². The Bertz CT molecular complexity index is 1100. The van der Waals surface area contributed by atoms with Crippen LogP contribution in [0.25, 0.3) is 10.9 Å². The van der Waals surface area contributed by atoms with Crippen molar-refractivity contribution < 1.29 is 32.9 Å². The zero-order valence-corrected chi connectivity index (χ0v) is 16.5. The molecule has 162 valence electrons. The van der Waals surface area contributed by atoms with Crippen LogP contribution >= 0.6 is 11.8 Å². The van der Waals surface area contributed by atoms with Gasteiger partial charge in [0.25, 0.3) is 5.91 Å². The van der Waals surface area contributed by atoms with E-state index in [-0.39, 0.29) is 11.6 Å². The minimum Gasteiger partial charge on any atom is -0.439 e. The molecule has 4 rings (SSSR count). The molecule has 0 saturated carbocycles. The van der Waals surface area contributed by atoms with Crippen molar-refractivity contribution in [3.8, 4) is 11.6 Å². The van der Waals surface area contributed by atoms with Crippen molar-refractivity contribution in [1.82, 2.24) is 15.3 Å². The summed E-state index contributed by atoms with van der Waals surface area (Å²) in [5.41, 5.74) is -1.16. The molecule has 1 aliphatic heterocycles. The summed E-state index contributed by atoms with van der Waals surface area (Å²) >= 11 is 1.15. The zero-order chi connectivity index (χ0) is 22.2. The molecule has 3 aromatic rings. The van der Waals surface area contributed by atoms with Gasteiger partial charge in [-0.15, -0.1) is 11.8 Å². The maximum Gasteiger partial charge on any atom is 0.417 e. The molecule has 1 aromatic carbocycles. The van der Waals surface area contributed by atoms with Crippen molar-refractivity contribution in [2.75, 3.05) is 5.75 Å². The molecule has 1 amide bonds. The number of alkyl halides is 3. The van der Waals surface area contributed by atoms with E-state index in [1.807, 2.05) is 0 Å². The lowest BCUT2D eigenvalue weighted by molar-refractivity contribution is -0.137. The van der Waals surface area contributed by atoms with Crippen molar-refractivity contribution in [1.29, 1.82) is 0 Å². The number of fused-ring (bicyclic) bond motifs is 1. The lowest BCUT2D eigenvalue weighted by atomic mass is 10.1. The van der Waals surface area contributed by atoms with Crippen LogP contribution in [-0.4, -0.2) is 49.4 Å². The number of nitrogens with one attached hydrogen (secondary N) is 1. The van der Waals surface area contributed by atoms with E-state index in [1.54, 1.807) is 24.3 Å². The maximum absolute atomic E-state index is 12.6. The van der Waals surface area contributed by atoms with Gasteiger partial charge in [0.2, 0.25) is 5.88 Å². The van der Waals surface area contributed by atoms with E-state index >= 15 is 0 Å². The van der Waals surface area contributed by atoms with Crippen LogP contribution in [0.4, 0.5) is 13.2 Å². The molecule has 0 bridgehead atoms. The minimum absolute atomic E-state index is 0.00264. The van der Waals surface area contributed by atoms with Gasteiger partial charge in [0, 0.05) is 23.4 Å². The first-order valence-electron chi connectivity index (χ1n) is 9.11. The Hall–Kier alpha value is -2.89. The molecule has 1 unspecified atom stereocenters. The van der Waals surface area contributed by atoms with Crippen molar-refractivity contribution in [3.05, 3.63) is 59.9 Å². The topological polar surface area (TPSA) is 105 Å². The number of benzene rings is 1. The summed E-state index contributed by atoms with van der Waals surface area (Å²) in [4.78, 5) is 20.4. The monoisotopic (exact) mass is 451 g/mol. The minimum atomic E-state index is -4.48. The van der Waals surface area contributed by atoms with Crippen molar-refractivity contribution >= 4 is 28.6 Å². The standard InChI is InChI=1S/C20H16F3N3O4S/c21-20(22,23)11-2-6-16(24-8-11)30-12-3-5-13-10(7-12)1-4-14(25-13)18(28)26-17-15(27)9-31-19(17)29/h1-8,15,17,19,27,29H,9H2,(H,26,28)/t15-,17-,19?/m1/s1. The summed E-state index contributed by atoms with van der Waals surface area (Å²) in [6.45, 7) is 0. The number of aliphatic hydroxyl groups is 2. The molecule has 0 spiro atoms. The maximum atomic E-state index is 12.6. The number of pyridine rings is 2. The molecule has 3 atom stereocenters. The van der Waals surface area contributed by atoms with Gasteiger partial charge >= 0.3 is 6.18 Å². The summed E-state index contributed by atoms with van der Waals surface area (Å²) in [7, 11) is 0. The number of aromatic nitrogens is 2. The number of rotatable bonds is 4. The molecule has 2 aromatic heterocycles. The Kier molecular flexibility index (Phi) is 5.73. The van der Waals surface area contributed by atoms with Crippen LogP contribution in [0.2, 0.25) is 0 Å². The molecule has 1 saturated heterocycles. The Morgan fingerprint density at radius 3 is 2.61 bits per heavy atom. The lowest BCUT2D eigenvalue weighted by Crippen LogP contribution is -2.46. The van der Waals surface area contributed by atoms with E-state index in [2.05, 4.69) is 15.3 Å². The third kappa shape index (κ3) is 4.73. The van der Waals surface area contributed by atoms with Gasteiger partial charge in [0.1, 0.15) is 16.9 Å². The van der Waals surface area contributed by atoms with Gasteiger partial charge in [-0.1, -0.05) is 6.07 Å². The first-order valence-corrected chi connectivity index (χ1v) is 10.2. The summed E-state index contributed by atoms with van der Waals surface area (Å²) in [5.74, 6) is 0.144. The number of carbonyl (C=O) groups is 1. The second-order valence-corrected chi connectivity index (χ2v) is 7.98. The van der Waals surface area contributed by atoms with Gasteiger partial charge in [-0.3, -0.25) is 4.79 Å². The average Bonchev–Trinajstić information content (AvgIpc) is 3.05. The van der Waals surface area contributed by atoms with E-state index < -0.39 is 35.2 Å². The van der Waals surface area contributed by atoms with Crippen molar-refractivity contribution in [2.24, 2.45) is 0 Å². The predicted octanol–water partition coefficient (Wildman–Crippen LogP) is 2.97. The summed E-state index contributed by atoms with van der Waals surface area (Å²) in [6, 6.07) is 9.12. The zero-order valence-electron chi connectivity index (χ0n) is 15.7. The number of nitrogens with zero attached hydrogens (tertiary/aromatic N) is 2. The Morgan fingerprint density at radius 1 is 1.16 bits per heavy atom. The molecule has 1 fully saturated rings. The number of thioether (sulfide) groups is 1. The highest BCUT2D eigenvalue weighted by Crippen LogP contribution is 2.30. The molecular weight excluding hydrogens is 435 g/mol. The smallest absolute Gasteiger partial charge is 0.417 e. The molecule has 31 heavy (non-hydrogen) atoms. The van der Waals surface area contributed by atoms with Gasteiger partial charge in [-0.25, -0.2) is 9.97 Å². The molecular formula is C20H16F3N3O4S. The number of carbonyl (C=O) groups excluding carboxylic acids is 1. The highest BCUT2D eigenvalue weighted by atomic mass is 32.2. The van der Waals surface area contributed by atoms with E-state index in [1.165, 1.54) is 6.07 Å². The van der Waals surface area contributed by atoms with E-state index in [0.29, 0.717) is 28.6 Å². The molecule has 11 heteroatoms. The van der Waals surface area contributed by atoms with Crippen LogP contribution in [0, 0.1) is 0 Å². The third-order valence-corrected chi connectivity index (χ3v) is 5.81. The summed E-state index contributed by atoms with van der Waals surface area (Å²) in [5, 5.41) is 22.9. The molecule has 3 N–H and O–H groups in total. The number of hydrogen-bond donors (Lipinski definition) is 3. The third-order valence-electron chi connectivity index (χ3n) is 4.64. The van der Waals surface area contributed by atoms with Crippen LogP contribution in [0.1, 0.15) is 16.1 Å². The largest absolute Gasteiger partial charge is 0.439 e. The first-order chi connectivity index (χ1) is 14.7. The van der Waals surface area contributed by atoms with E-state index in [0.717, 1.165) is 23.9 Å². The van der Waals surface area contributed by atoms with Gasteiger partial charge in [0.15, 0.2) is 0 Å². The SMILES string of the molecule is O=C(N[C@H]1C(O)SC[C@H]1O)c1ccc2cc(Oc3ccc(C(F)(F)F)cn3)ccc2n1. The fourth-order valence-electron chi connectivity index (χ4n) is 3.01. The second-order valence-electron chi connectivity index (χ2n) is 6.83. The van der Waals surface area contributed by atoms with E-state index in [4.69, 9.17) is 4.74 Å². The molecule has 3 heterocycles. The first kappa shape index (κ1) is 21.3. The van der Waals surface area contributed by atoms with Crippen LogP contribution in [-0.2, 0) is 6.18 Å². The summed E-state index contributed by atoms with van der Waals surface area (Å²) in [6.07, 6.45) is -4.63. The van der Waals surface area contributed by atoms with Crippen LogP contribution < -0.4 is 10.1 Å². The fraction of sp³-hybridized carbons (Fsp3) is 0.250. The molecule has 7 nitrogen and oxygen atoms in total. The Morgan fingerprint density at radius 2 is 1.97 bits per heavy atom. The van der Waals surface area contributed by atoms with Crippen molar-refractivity contribution in [2.45, 2.75) is 23.8 Å². The predicted molar refractivity (Wildman–Crippen MR) is 107 cm³/mol. The molecule has 0 aliphatic carbocycles. The van der Waals surface area contributed by atoms with E-state index in [9.17, 15) is 28.2 Å². The number of halogens is 3. The Labute approximate surface area is 178 Å². The molecule has 1 aliphatic rings. The van der Waals surface area contributed by atoms with Crippen molar-refractivity contribution in [3.63, 3.8) is 0 Å². The van der Waals surface area contributed by atoms with Gasteiger partial charge < -0.3 is 20.3 Å². The number of ether oxygens (including phenoxy) is 1. The normalized spacial score (nSPS) is 21.3. The fourth-order valence-corrected chi connectivity index (χ4v) is 4.07. The average molecular weight is 451 g/mol.